The number of anilines is 2. The van der Waals surface area contributed by atoms with Gasteiger partial charge in [-0.05, 0) is 90.4 Å². The molecule has 0 aliphatic carbocycles. The van der Waals surface area contributed by atoms with Gasteiger partial charge in [0.25, 0.3) is 5.91 Å². The molecule has 0 spiro atoms. The molecule has 3 amide bonds. The number of halogens is 1. The van der Waals surface area contributed by atoms with Crippen LogP contribution in [0.4, 0.5) is 11.4 Å². The van der Waals surface area contributed by atoms with Crippen molar-refractivity contribution in [2.24, 2.45) is 5.10 Å². The maximum absolute atomic E-state index is 12.4. The van der Waals surface area contributed by atoms with Gasteiger partial charge >= 0.3 is 11.8 Å². The Morgan fingerprint density at radius 3 is 2.25 bits per heavy atom. The topological polar surface area (TPSA) is 127 Å². The summed E-state index contributed by atoms with van der Waals surface area (Å²) in [6, 6.07) is 17.8. The minimum Gasteiger partial charge on any atom is -0.492 e. The molecular formula is C29H31IN4O6. The average Bonchev–Trinajstić information content (AvgIpc) is 2.94. The summed E-state index contributed by atoms with van der Waals surface area (Å²) in [6.45, 7) is 6.28. The van der Waals surface area contributed by atoms with E-state index in [1.54, 1.807) is 36.4 Å². The van der Waals surface area contributed by atoms with E-state index in [9.17, 15) is 14.4 Å². The first kappa shape index (κ1) is 30.4. The number of aryl methyl sites for hydroxylation is 1. The lowest BCUT2D eigenvalue weighted by molar-refractivity contribution is -0.136. The molecule has 0 saturated heterocycles. The van der Waals surface area contributed by atoms with E-state index in [-0.39, 0.29) is 12.5 Å². The van der Waals surface area contributed by atoms with Crippen LogP contribution in [0.3, 0.4) is 0 Å². The molecule has 0 saturated carbocycles. The molecule has 0 fully saturated rings. The number of hydrogen-bond acceptors (Lipinski definition) is 7. The highest BCUT2D eigenvalue weighted by Gasteiger charge is 2.16. The van der Waals surface area contributed by atoms with Gasteiger partial charge in [0.1, 0.15) is 5.75 Å². The second-order valence-corrected chi connectivity index (χ2v) is 9.39. The van der Waals surface area contributed by atoms with Gasteiger partial charge in [0, 0.05) is 5.69 Å². The second kappa shape index (κ2) is 15.5. The number of amides is 3. The molecule has 3 N–H and O–H groups in total. The monoisotopic (exact) mass is 658 g/mol. The van der Waals surface area contributed by atoms with E-state index >= 15 is 0 Å². The molecule has 3 rings (SSSR count). The molecule has 0 unspecified atom stereocenters. The van der Waals surface area contributed by atoms with Crippen molar-refractivity contribution in [3.63, 3.8) is 0 Å². The van der Waals surface area contributed by atoms with Gasteiger partial charge in [-0.25, -0.2) is 5.43 Å². The summed E-state index contributed by atoms with van der Waals surface area (Å²) in [6.07, 6.45) is 2.29. The van der Waals surface area contributed by atoms with Crippen LogP contribution in [-0.4, -0.2) is 43.8 Å². The van der Waals surface area contributed by atoms with Crippen LogP contribution in [-0.2, 0) is 20.8 Å². The van der Waals surface area contributed by atoms with E-state index in [4.69, 9.17) is 14.2 Å². The number of hydrogen-bond donors (Lipinski definition) is 3. The molecule has 40 heavy (non-hydrogen) atoms. The Kier molecular flexibility index (Phi) is 11.8. The van der Waals surface area contributed by atoms with Crippen molar-refractivity contribution in [3.05, 3.63) is 75.4 Å². The number of carbonyl (C=O) groups excluding carboxylic acids is 3. The number of nitrogens with zero attached hydrogens (tertiary/aromatic N) is 1. The van der Waals surface area contributed by atoms with Crippen LogP contribution in [0.2, 0.25) is 0 Å². The van der Waals surface area contributed by atoms with E-state index in [0.29, 0.717) is 51.0 Å². The molecule has 0 radical (unpaired) electrons. The largest absolute Gasteiger partial charge is 0.492 e. The summed E-state index contributed by atoms with van der Waals surface area (Å²) < 4.78 is 17.6. The Hall–Kier alpha value is -4.13. The zero-order valence-corrected chi connectivity index (χ0v) is 24.6. The molecule has 0 aliphatic rings. The highest BCUT2D eigenvalue weighted by Crippen LogP contribution is 2.34. The van der Waals surface area contributed by atoms with Gasteiger partial charge in [-0.2, -0.15) is 5.10 Å². The average molecular weight is 658 g/mol. The first-order valence-electron chi connectivity index (χ1n) is 12.7. The number of para-hydroxylation sites is 2. The fourth-order valence-electron chi connectivity index (χ4n) is 3.47. The first-order valence-corrected chi connectivity index (χ1v) is 13.8. The minimum absolute atomic E-state index is 0.212. The Morgan fingerprint density at radius 1 is 0.850 bits per heavy atom. The predicted molar refractivity (Wildman–Crippen MR) is 162 cm³/mol. The number of carbonyl (C=O) groups is 3. The van der Waals surface area contributed by atoms with Gasteiger partial charge in [-0.15, -0.1) is 0 Å². The summed E-state index contributed by atoms with van der Waals surface area (Å²) in [5.74, 6) is -0.870. The van der Waals surface area contributed by atoms with Crippen molar-refractivity contribution >= 4 is 57.9 Å². The third kappa shape index (κ3) is 8.97. The van der Waals surface area contributed by atoms with Gasteiger partial charge in [-0.3, -0.25) is 14.4 Å². The van der Waals surface area contributed by atoms with Crippen molar-refractivity contribution in [2.75, 3.05) is 30.5 Å². The lowest BCUT2D eigenvalue weighted by atomic mass is 10.1. The van der Waals surface area contributed by atoms with E-state index in [2.05, 4.69) is 50.7 Å². The van der Waals surface area contributed by atoms with Crippen LogP contribution < -0.4 is 30.3 Å². The Labute approximate surface area is 246 Å². The van der Waals surface area contributed by atoms with Gasteiger partial charge in [0.05, 0.1) is 28.7 Å². The fourth-order valence-corrected chi connectivity index (χ4v) is 4.25. The first-order chi connectivity index (χ1) is 19.3. The van der Waals surface area contributed by atoms with Crippen molar-refractivity contribution in [2.45, 2.75) is 27.2 Å². The SMILES string of the molecule is CCOc1ccccc1NC(=O)C(=O)N/N=C\c1cc(I)c(OCC(=O)Nc2ccc(CC)cc2)c(OCC)c1. The van der Waals surface area contributed by atoms with Gasteiger partial charge < -0.3 is 24.8 Å². The summed E-state index contributed by atoms with van der Waals surface area (Å²) in [4.78, 5) is 37.0. The maximum Gasteiger partial charge on any atom is 0.329 e. The highest BCUT2D eigenvalue weighted by molar-refractivity contribution is 14.1. The van der Waals surface area contributed by atoms with Crippen molar-refractivity contribution in [3.8, 4) is 17.2 Å². The maximum atomic E-state index is 12.4. The van der Waals surface area contributed by atoms with E-state index < -0.39 is 11.8 Å². The third-order valence-electron chi connectivity index (χ3n) is 5.35. The minimum atomic E-state index is -0.947. The molecular weight excluding hydrogens is 627 g/mol. The zero-order chi connectivity index (χ0) is 28.9. The normalized spacial score (nSPS) is 10.6. The molecule has 0 heterocycles. The molecule has 11 heteroatoms. The Morgan fingerprint density at radius 2 is 1.55 bits per heavy atom. The Bertz CT molecular complexity index is 1360. The quantitative estimate of drug-likeness (QED) is 0.112. The lowest BCUT2D eigenvalue weighted by Crippen LogP contribution is -2.32. The number of benzene rings is 3. The van der Waals surface area contributed by atoms with Crippen LogP contribution in [0.1, 0.15) is 31.9 Å². The van der Waals surface area contributed by atoms with Crippen LogP contribution >= 0.6 is 22.6 Å². The van der Waals surface area contributed by atoms with Crippen LogP contribution in [0.15, 0.2) is 65.8 Å². The number of hydrazone groups is 1. The number of nitrogens with one attached hydrogen (secondary N) is 3. The molecule has 10 nitrogen and oxygen atoms in total. The zero-order valence-electron chi connectivity index (χ0n) is 22.5. The Balaban J connectivity index is 1.60. The van der Waals surface area contributed by atoms with E-state index in [0.717, 1.165) is 6.42 Å². The molecule has 3 aromatic carbocycles. The molecule has 0 bridgehead atoms. The summed E-state index contributed by atoms with van der Waals surface area (Å²) in [5, 5.41) is 9.21. The second-order valence-electron chi connectivity index (χ2n) is 8.23. The van der Waals surface area contributed by atoms with E-state index in [1.165, 1.54) is 11.8 Å². The molecule has 210 valence electrons. The van der Waals surface area contributed by atoms with Crippen molar-refractivity contribution < 1.29 is 28.6 Å². The van der Waals surface area contributed by atoms with Gasteiger partial charge in [0.15, 0.2) is 18.1 Å². The smallest absolute Gasteiger partial charge is 0.329 e. The van der Waals surface area contributed by atoms with Crippen molar-refractivity contribution in [1.82, 2.24) is 5.43 Å². The fraction of sp³-hybridized carbons (Fsp3) is 0.241. The number of ether oxygens (including phenoxy) is 3. The molecule has 3 aromatic rings. The molecule has 0 atom stereocenters. The van der Waals surface area contributed by atoms with Crippen LogP contribution in [0.5, 0.6) is 17.2 Å². The molecule has 0 aliphatic heterocycles. The lowest BCUT2D eigenvalue weighted by Gasteiger charge is -2.14. The van der Waals surface area contributed by atoms with Crippen LogP contribution in [0, 0.1) is 3.57 Å². The third-order valence-corrected chi connectivity index (χ3v) is 6.15. The van der Waals surface area contributed by atoms with Gasteiger partial charge in [0.2, 0.25) is 0 Å². The van der Waals surface area contributed by atoms with Crippen LogP contribution in [0.25, 0.3) is 0 Å². The predicted octanol–water partition coefficient (Wildman–Crippen LogP) is 4.76. The number of rotatable bonds is 12. The standard InChI is InChI=1S/C29H31IN4O6/c1-4-19-11-13-21(14-12-19)32-26(35)18-40-27-22(30)15-20(16-25(27)39-6-3)17-31-34-29(37)28(36)33-23-9-7-8-10-24(23)38-5-2/h7-17H,4-6,18H2,1-3H3,(H,32,35)(H,33,36)(H,34,37)/b31-17-. The molecule has 0 aromatic heterocycles. The highest BCUT2D eigenvalue weighted by atomic mass is 127. The van der Waals surface area contributed by atoms with Crippen molar-refractivity contribution in [1.29, 1.82) is 0 Å². The summed E-state index contributed by atoms with van der Waals surface area (Å²) >= 11 is 2.07. The summed E-state index contributed by atoms with van der Waals surface area (Å²) in [7, 11) is 0. The van der Waals surface area contributed by atoms with E-state index in [1.807, 2.05) is 38.1 Å². The van der Waals surface area contributed by atoms with Gasteiger partial charge in [-0.1, -0.05) is 31.2 Å². The summed E-state index contributed by atoms with van der Waals surface area (Å²) in [5.41, 5.74) is 5.04.